The lowest BCUT2D eigenvalue weighted by Crippen LogP contribution is -2.48. The minimum absolute atomic E-state index is 0.182. The van der Waals surface area contributed by atoms with Crippen LogP contribution in [-0.4, -0.2) is 34.0 Å². The number of hydrogen-bond donors (Lipinski definition) is 0. The first kappa shape index (κ1) is 18.7. The molecule has 25 heavy (non-hydrogen) atoms. The molecule has 3 atom stereocenters. The summed E-state index contributed by atoms with van der Waals surface area (Å²) < 4.78 is 7.92. The van der Waals surface area contributed by atoms with Gasteiger partial charge in [-0.15, -0.1) is 16.9 Å². The molecule has 3 rings (SSSR count). The quantitative estimate of drug-likeness (QED) is 0.676. The molecule has 6 heteroatoms. The van der Waals surface area contributed by atoms with Crippen LogP contribution in [0.2, 0.25) is 5.02 Å². The van der Waals surface area contributed by atoms with Crippen molar-refractivity contribution < 1.29 is 4.74 Å². The van der Waals surface area contributed by atoms with E-state index in [1.807, 2.05) is 41.9 Å². The minimum Gasteiger partial charge on any atom is -0.381 e. The summed E-state index contributed by atoms with van der Waals surface area (Å²) in [6, 6.07) is 8.11. The van der Waals surface area contributed by atoms with Crippen LogP contribution in [0.3, 0.4) is 0 Å². The first-order valence-electron chi connectivity index (χ1n) is 8.75. The number of thioether (sulfide) groups is 1. The topological polar surface area (TPSA) is 39.9 Å². The Bertz CT molecular complexity index is 660. The van der Waals surface area contributed by atoms with Gasteiger partial charge in [0.1, 0.15) is 0 Å². The molecule has 1 saturated carbocycles. The van der Waals surface area contributed by atoms with Gasteiger partial charge in [-0.2, -0.15) is 0 Å². The molecule has 0 radical (unpaired) electrons. The minimum atomic E-state index is 0.182. The highest BCUT2D eigenvalue weighted by Crippen LogP contribution is 2.45. The number of benzene rings is 1. The molecule has 0 bridgehead atoms. The van der Waals surface area contributed by atoms with Crippen molar-refractivity contribution in [2.24, 2.45) is 17.3 Å². The molecule has 1 aromatic heterocycles. The molecule has 0 amide bonds. The maximum absolute atomic E-state index is 5.99. The van der Waals surface area contributed by atoms with E-state index < -0.39 is 0 Å². The molecule has 1 aliphatic carbocycles. The maximum Gasteiger partial charge on any atom is 0.0692 e. The van der Waals surface area contributed by atoms with Gasteiger partial charge in [0.25, 0.3) is 0 Å². The first-order valence-corrected chi connectivity index (χ1v) is 10.1. The predicted molar refractivity (Wildman–Crippen MR) is 103 cm³/mol. The largest absolute Gasteiger partial charge is 0.381 e. The van der Waals surface area contributed by atoms with Crippen molar-refractivity contribution in [3.63, 3.8) is 0 Å². The van der Waals surface area contributed by atoms with Gasteiger partial charge < -0.3 is 4.74 Å². The van der Waals surface area contributed by atoms with Gasteiger partial charge in [0.15, 0.2) is 0 Å². The standard InChI is InChI=1S/C19H26ClN3OS/c1-19(2)9-8-14(13-25-16-6-4-15(20)5-7-16)17(18(19)24-3)12-23-11-10-21-22-23/h4-7,10-11,14,17-18H,8-9,12-13H2,1-3H3/t14-,17-,18+/m0/s1. The summed E-state index contributed by atoms with van der Waals surface area (Å²) in [5, 5.41) is 8.92. The monoisotopic (exact) mass is 379 g/mol. The zero-order chi connectivity index (χ0) is 17.9. The van der Waals surface area contributed by atoms with Crippen LogP contribution in [0.1, 0.15) is 26.7 Å². The first-order chi connectivity index (χ1) is 12.0. The normalized spacial score (nSPS) is 25.8. The zero-order valence-electron chi connectivity index (χ0n) is 15.1. The number of hydrogen-bond acceptors (Lipinski definition) is 4. The number of nitrogens with zero attached hydrogens (tertiary/aromatic N) is 3. The lowest BCUT2D eigenvalue weighted by atomic mass is 9.65. The lowest BCUT2D eigenvalue weighted by Gasteiger charge is -2.47. The number of aromatic nitrogens is 3. The zero-order valence-corrected chi connectivity index (χ0v) is 16.6. The van der Waals surface area contributed by atoms with E-state index in [1.165, 1.54) is 17.7 Å². The Morgan fingerprint density at radius 2 is 2.08 bits per heavy atom. The van der Waals surface area contributed by atoms with Gasteiger partial charge in [-0.05, 0) is 48.4 Å². The molecule has 1 aromatic carbocycles. The SMILES string of the molecule is CO[C@@H]1[C@@H](Cn2ccnn2)[C@H](CSc2ccc(Cl)cc2)CCC1(C)C. The van der Waals surface area contributed by atoms with E-state index in [0.717, 1.165) is 17.3 Å². The summed E-state index contributed by atoms with van der Waals surface area (Å²) in [5.41, 5.74) is 0.182. The molecule has 0 aliphatic heterocycles. The van der Waals surface area contributed by atoms with Crippen LogP contribution in [0.4, 0.5) is 0 Å². The van der Waals surface area contributed by atoms with Gasteiger partial charge in [0.2, 0.25) is 0 Å². The lowest BCUT2D eigenvalue weighted by molar-refractivity contribution is -0.0870. The average Bonchev–Trinajstić information content (AvgIpc) is 3.08. The fourth-order valence-corrected chi connectivity index (χ4v) is 5.24. The van der Waals surface area contributed by atoms with E-state index in [1.54, 1.807) is 6.20 Å². The Morgan fingerprint density at radius 1 is 1.32 bits per heavy atom. The number of methoxy groups -OCH3 is 1. The van der Waals surface area contributed by atoms with Crippen molar-refractivity contribution in [1.29, 1.82) is 0 Å². The molecular weight excluding hydrogens is 354 g/mol. The third-order valence-electron chi connectivity index (χ3n) is 5.33. The molecule has 136 valence electrons. The van der Waals surface area contributed by atoms with Crippen molar-refractivity contribution in [2.45, 2.75) is 44.2 Å². The van der Waals surface area contributed by atoms with E-state index >= 15 is 0 Å². The summed E-state index contributed by atoms with van der Waals surface area (Å²) in [6.07, 6.45) is 6.31. The van der Waals surface area contributed by atoms with Gasteiger partial charge in [0, 0.05) is 41.4 Å². The summed E-state index contributed by atoms with van der Waals surface area (Å²) in [4.78, 5) is 1.27. The van der Waals surface area contributed by atoms with Crippen LogP contribution < -0.4 is 0 Å². The van der Waals surface area contributed by atoms with Gasteiger partial charge in [-0.25, -0.2) is 0 Å². The average molecular weight is 380 g/mol. The second kappa shape index (κ2) is 8.11. The van der Waals surface area contributed by atoms with E-state index in [2.05, 4.69) is 36.3 Å². The van der Waals surface area contributed by atoms with Crippen molar-refractivity contribution in [3.05, 3.63) is 41.7 Å². The summed E-state index contributed by atoms with van der Waals surface area (Å²) >= 11 is 7.90. The molecule has 0 N–H and O–H groups in total. The molecule has 2 aromatic rings. The summed E-state index contributed by atoms with van der Waals surface area (Å²) in [5.74, 6) is 2.09. The van der Waals surface area contributed by atoms with E-state index in [9.17, 15) is 0 Å². The van der Waals surface area contributed by atoms with Gasteiger partial charge >= 0.3 is 0 Å². The van der Waals surface area contributed by atoms with Crippen LogP contribution in [0, 0.1) is 17.3 Å². The number of rotatable bonds is 6. The van der Waals surface area contributed by atoms with E-state index in [-0.39, 0.29) is 11.5 Å². The predicted octanol–water partition coefficient (Wildman–Crippen LogP) is 4.79. The van der Waals surface area contributed by atoms with Crippen molar-refractivity contribution in [2.75, 3.05) is 12.9 Å². The second-order valence-electron chi connectivity index (χ2n) is 7.50. The highest BCUT2D eigenvalue weighted by molar-refractivity contribution is 7.99. The van der Waals surface area contributed by atoms with E-state index in [4.69, 9.17) is 16.3 Å². The van der Waals surface area contributed by atoms with Crippen molar-refractivity contribution in [3.8, 4) is 0 Å². The van der Waals surface area contributed by atoms with Crippen LogP contribution >= 0.6 is 23.4 Å². The highest BCUT2D eigenvalue weighted by atomic mass is 35.5. The third-order valence-corrected chi connectivity index (χ3v) is 6.78. The highest BCUT2D eigenvalue weighted by Gasteiger charge is 2.44. The van der Waals surface area contributed by atoms with E-state index in [0.29, 0.717) is 11.8 Å². The maximum atomic E-state index is 5.99. The number of halogens is 1. The van der Waals surface area contributed by atoms with Gasteiger partial charge in [-0.3, -0.25) is 4.68 Å². The van der Waals surface area contributed by atoms with Crippen LogP contribution in [0.25, 0.3) is 0 Å². The molecule has 1 fully saturated rings. The molecule has 0 spiro atoms. The number of ether oxygens (including phenoxy) is 1. The summed E-state index contributed by atoms with van der Waals surface area (Å²) in [7, 11) is 1.84. The Morgan fingerprint density at radius 3 is 2.72 bits per heavy atom. The summed E-state index contributed by atoms with van der Waals surface area (Å²) in [6.45, 7) is 5.49. The molecular formula is C19H26ClN3OS. The third kappa shape index (κ3) is 4.57. The molecule has 1 aliphatic rings. The fraction of sp³-hybridized carbons (Fsp3) is 0.579. The fourth-order valence-electron chi connectivity index (χ4n) is 3.97. The molecule has 0 saturated heterocycles. The second-order valence-corrected chi connectivity index (χ2v) is 9.03. The van der Waals surface area contributed by atoms with Crippen molar-refractivity contribution in [1.82, 2.24) is 15.0 Å². The Labute approximate surface area is 159 Å². The smallest absolute Gasteiger partial charge is 0.0692 e. The molecule has 1 heterocycles. The van der Waals surface area contributed by atoms with Gasteiger partial charge in [0.05, 0.1) is 12.3 Å². The van der Waals surface area contributed by atoms with Crippen molar-refractivity contribution >= 4 is 23.4 Å². The van der Waals surface area contributed by atoms with Crippen LogP contribution in [0.15, 0.2) is 41.6 Å². The van der Waals surface area contributed by atoms with Crippen LogP contribution in [0.5, 0.6) is 0 Å². The Hall–Kier alpha value is -1.04. The molecule has 4 nitrogen and oxygen atoms in total. The van der Waals surface area contributed by atoms with Crippen LogP contribution in [-0.2, 0) is 11.3 Å². The Balaban J connectivity index is 1.73. The molecule has 0 unspecified atom stereocenters. The van der Waals surface area contributed by atoms with Gasteiger partial charge in [-0.1, -0.05) is 30.7 Å². The Kier molecular flexibility index (Phi) is 6.08.